The lowest BCUT2D eigenvalue weighted by Crippen LogP contribution is -2.41. The Morgan fingerprint density at radius 1 is 0.706 bits per heavy atom. The summed E-state index contributed by atoms with van der Waals surface area (Å²) in [6, 6.07) is 16.0. The largest absolute Gasteiger partial charge is 0.493 e. The van der Waals surface area contributed by atoms with Crippen LogP contribution in [0.3, 0.4) is 0 Å². The van der Waals surface area contributed by atoms with E-state index in [1.807, 2.05) is 0 Å². The third kappa shape index (κ3) is 5.65. The van der Waals surface area contributed by atoms with Gasteiger partial charge in [0.15, 0.2) is 11.5 Å². The summed E-state index contributed by atoms with van der Waals surface area (Å²) in [5.74, 6) is -0.616. The van der Waals surface area contributed by atoms with Crippen molar-refractivity contribution in [3.8, 4) is 17.2 Å². The van der Waals surface area contributed by atoms with Crippen LogP contribution >= 0.6 is 15.9 Å². The molecule has 0 saturated heterocycles. The zero-order valence-electron chi connectivity index (χ0n) is 18.6. The SMILES string of the molecule is COc1cc(C(=O)Nc2ccccc2C(=O)NNC(=O)c2ccc(Br)cc2)cc(OC)c1OC. The van der Waals surface area contributed by atoms with Crippen LogP contribution < -0.4 is 30.4 Å². The molecule has 0 spiro atoms. The molecule has 0 aliphatic carbocycles. The Labute approximate surface area is 204 Å². The fourth-order valence-electron chi connectivity index (χ4n) is 3.05. The number of halogens is 1. The standard InChI is InChI=1S/C24H22BrN3O6/c1-32-19-12-15(13-20(33-2)21(19)34-3)22(29)26-18-7-5-4-6-17(18)24(31)28-27-23(30)14-8-10-16(25)11-9-14/h4-13H,1-3H3,(H,26,29)(H,27,30)(H,28,31). The molecule has 0 aliphatic heterocycles. The topological polar surface area (TPSA) is 115 Å². The highest BCUT2D eigenvalue weighted by Crippen LogP contribution is 2.38. The number of para-hydroxylation sites is 1. The van der Waals surface area contributed by atoms with Crippen LogP contribution in [0.15, 0.2) is 65.1 Å². The first kappa shape index (κ1) is 24.6. The first-order chi connectivity index (χ1) is 16.4. The van der Waals surface area contributed by atoms with Gasteiger partial charge < -0.3 is 19.5 Å². The second kappa shape index (κ2) is 11.2. The monoisotopic (exact) mass is 527 g/mol. The van der Waals surface area contributed by atoms with Crippen molar-refractivity contribution in [2.75, 3.05) is 26.6 Å². The second-order valence-corrected chi connectivity index (χ2v) is 7.74. The number of methoxy groups -OCH3 is 3. The van der Waals surface area contributed by atoms with Gasteiger partial charge in [0.25, 0.3) is 17.7 Å². The van der Waals surface area contributed by atoms with Crippen LogP contribution in [0.2, 0.25) is 0 Å². The minimum Gasteiger partial charge on any atom is -0.493 e. The Kier molecular flexibility index (Phi) is 8.10. The van der Waals surface area contributed by atoms with Gasteiger partial charge in [-0.05, 0) is 48.5 Å². The number of hydrogen-bond acceptors (Lipinski definition) is 6. The zero-order valence-corrected chi connectivity index (χ0v) is 20.2. The van der Waals surface area contributed by atoms with Crippen molar-refractivity contribution in [2.45, 2.75) is 0 Å². The molecular formula is C24H22BrN3O6. The molecule has 34 heavy (non-hydrogen) atoms. The molecule has 0 radical (unpaired) electrons. The van der Waals surface area contributed by atoms with E-state index in [9.17, 15) is 14.4 Å². The van der Waals surface area contributed by atoms with Crippen molar-refractivity contribution in [2.24, 2.45) is 0 Å². The summed E-state index contributed by atoms with van der Waals surface area (Å²) in [5, 5.41) is 2.70. The fraction of sp³-hybridized carbons (Fsp3) is 0.125. The number of ether oxygens (including phenoxy) is 3. The Balaban J connectivity index is 1.76. The summed E-state index contributed by atoms with van der Waals surface area (Å²) in [4.78, 5) is 37.9. The predicted molar refractivity (Wildman–Crippen MR) is 130 cm³/mol. The summed E-state index contributed by atoms with van der Waals surface area (Å²) in [6.45, 7) is 0. The van der Waals surface area contributed by atoms with E-state index in [1.54, 1.807) is 42.5 Å². The molecule has 3 aromatic rings. The molecule has 3 amide bonds. The van der Waals surface area contributed by atoms with Crippen LogP contribution in [0.25, 0.3) is 0 Å². The summed E-state index contributed by atoms with van der Waals surface area (Å²) >= 11 is 3.30. The maximum absolute atomic E-state index is 12.9. The molecule has 0 bridgehead atoms. The van der Waals surface area contributed by atoms with E-state index in [4.69, 9.17) is 14.2 Å². The van der Waals surface area contributed by atoms with Gasteiger partial charge in [0, 0.05) is 15.6 Å². The lowest BCUT2D eigenvalue weighted by atomic mass is 10.1. The van der Waals surface area contributed by atoms with Gasteiger partial charge >= 0.3 is 0 Å². The van der Waals surface area contributed by atoms with Gasteiger partial charge in [-0.15, -0.1) is 0 Å². The maximum Gasteiger partial charge on any atom is 0.271 e. The fourth-order valence-corrected chi connectivity index (χ4v) is 3.32. The molecule has 0 heterocycles. The Morgan fingerprint density at radius 2 is 1.29 bits per heavy atom. The first-order valence-electron chi connectivity index (χ1n) is 9.94. The van der Waals surface area contributed by atoms with Crippen LogP contribution in [0, 0.1) is 0 Å². The number of anilines is 1. The van der Waals surface area contributed by atoms with Gasteiger partial charge in [-0.25, -0.2) is 0 Å². The zero-order chi connectivity index (χ0) is 24.7. The minimum atomic E-state index is -0.605. The third-order valence-electron chi connectivity index (χ3n) is 4.74. The lowest BCUT2D eigenvalue weighted by molar-refractivity contribution is 0.0847. The molecule has 0 atom stereocenters. The number of carbonyl (C=O) groups excluding carboxylic acids is 3. The predicted octanol–water partition coefficient (Wildman–Crippen LogP) is 3.80. The van der Waals surface area contributed by atoms with Crippen LogP contribution in [0.1, 0.15) is 31.1 Å². The van der Waals surface area contributed by atoms with Crippen molar-refractivity contribution >= 4 is 39.3 Å². The normalized spacial score (nSPS) is 10.1. The Bertz CT molecular complexity index is 1190. The molecule has 3 N–H and O–H groups in total. The van der Waals surface area contributed by atoms with Gasteiger partial charge in [-0.1, -0.05) is 28.1 Å². The molecule has 0 aliphatic rings. The highest BCUT2D eigenvalue weighted by molar-refractivity contribution is 9.10. The van der Waals surface area contributed by atoms with Gasteiger partial charge in [0.1, 0.15) is 0 Å². The van der Waals surface area contributed by atoms with E-state index in [0.29, 0.717) is 22.8 Å². The van der Waals surface area contributed by atoms with E-state index in [1.165, 1.54) is 39.5 Å². The average Bonchev–Trinajstić information content (AvgIpc) is 2.86. The highest BCUT2D eigenvalue weighted by Gasteiger charge is 2.19. The van der Waals surface area contributed by atoms with E-state index in [0.717, 1.165) is 4.47 Å². The van der Waals surface area contributed by atoms with Crippen molar-refractivity contribution in [1.29, 1.82) is 0 Å². The van der Waals surface area contributed by atoms with E-state index in [-0.39, 0.29) is 16.8 Å². The molecule has 0 aromatic heterocycles. The number of amides is 3. The average molecular weight is 528 g/mol. The molecular weight excluding hydrogens is 506 g/mol. The number of hydrogen-bond donors (Lipinski definition) is 3. The smallest absolute Gasteiger partial charge is 0.271 e. The molecule has 0 saturated carbocycles. The van der Waals surface area contributed by atoms with Crippen molar-refractivity contribution in [3.05, 3.63) is 81.8 Å². The van der Waals surface area contributed by atoms with Crippen LogP contribution in [0.5, 0.6) is 17.2 Å². The number of rotatable bonds is 7. The lowest BCUT2D eigenvalue weighted by Gasteiger charge is -2.15. The molecule has 0 fully saturated rings. The van der Waals surface area contributed by atoms with Crippen LogP contribution in [-0.4, -0.2) is 39.1 Å². The molecule has 0 unspecified atom stereocenters. The van der Waals surface area contributed by atoms with Crippen molar-refractivity contribution in [1.82, 2.24) is 10.9 Å². The van der Waals surface area contributed by atoms with E-state index < -0.39 is 17.7 Å². The van der Waals surface area contributed by atoms with E-state index in [2.05, 4.69) is 32.1 Å². The van der Waals surface area contributed by atoms with Gasteiger partial charge in [-0.3, -0.25) is 25.2 Å². The van der Waals surface area contributed by atoms with Crippen LogP contribution in [0.4, 0.5) is 5.69 Å². The summed E-state index contributed by atoms with van der Waals surface area (Å²) in [5.41, 5.74) is 5.71. The minimum absolute atomic E-state index is 0.152. The molecule has 176 valence electrons. The van der Waals surface area contributed by atoms with Crippen LogP contribution in [-0.2, 0) is 0 Å². The van der Waals surface area contributed by atoms with Gasteiger partial charge in [0.2, 0.25) is 5.75 Å². The number of benzene rings is 3. The van der Waals surface area contributed by atoms with Gasteiger partial charge in [-0.2, -0.15) is 0 Å². The number of nitrogens with one attached hydrogen (secondary N) is 3. The van der Waals surface area contributed by atoms with Crippen molar-refractivity contribution < 1.29 is 28.6 Å². The Hall–Kier alpha value is -4.05. The number of hydrazine groups is 1. The van der Waals surface area contributed by atoms with Crippen molar-refractivity contribution in [3.63, 3.8) is 0 Å². The van der Waals surface area contributed by atoms with Gasteiger partial charge in [0.05, 0.1) is 32.6 Å². The van der Waals surface area contributed by atoms with E-state index >= 15 is 0 Å². The summed E-state index contributed by atoms with van der Waals surface area (Å²) in [7, 11) is 4.35. The highest BCUT2D eigenvalue weighted by atomic mass is 79.9. The maximum atomic E-state index is 12.9. The quantitative estimate of drug-likeness (QED) is 0.402. The molecule has 10 heteroatoms. The first-order valence-corrected chi connectivity index (χ1v) is 10.7. The molecule has 3 aromatic carbocycles. The third-order valence-corrected chi connectivity index (χ3v) is 5.27. The summed E-state index contributed by atoms with van der Waals surface area (Å²) in [6.07, 6.45) is 0. The second-order valence-electron chi connectivity index (χ2n) is 6.83. The summed E-state index contributed by atoms with van der Waals surface area (Å²) < 4.78 is 16.7. The molecule has 3 rings (SSSR count). The number of carbonyl (C=O) groups is 3. The molecule has 9 nitrogen and oxygen atoms in total. The Morgan fingerprint density at radius 3 is 1.88 bits per heavy atom.